The molecule has 4 nitrogen and oxygen atoms in total. The molecule has 2 aromatic rings. The van der Waals surface area contributed by atoms with E-state index in [0.29, 0.717) is 0 Å². The van der Waals surface area contributed by atoms with Crippen molar-refractivity contribution in [1.82, 2.24) is 10.3 Å². The molecule has 0 saturated carbocycles. The van der Waals surface area contributed by atoms with E-state index in [-0.39, 0.29) is 12.4 Å². The molecule has 1 aliphatic heterocycles. The van der Waals surface area contributed by atoms with Crippen LogP contribution in [0.3, 0.4) is 0 Å². The van der Waals surface area contributed by atoms with Gasteiger partial charge in [-0.25, -0.2) is 4.98 Å². The summed E-state index contributed by atoms with van der Waals surface area (Å²) >= 11 is 1.68. The van der Waals surface area contributed by atoms with Crippen LogP contribution in [-0.4, -0.2) is 30.5 Å². The molecular weight excluding hydrogens is 292 g/mol. The van der Waals surface area contributed by atoms with Crippen LogP contribution in [0.4, 0.5) is 5.69 Å². The monoisotopic (exact) mass is 308 g/mol. The number of aliphatic imine (C=N–C) groups is 1. The van der Waals surface area contributed by atoms with Crippen molar-refractivity contribution >= 4 is 35.3 Å². The van der Waals surface area contributed by atoms with Gasteiger partial charge in [-0.2, -0.15) is 0 Å². The number of thiazole rings is 1. The van der Waals surface area contributed by atoms with Gasteiger partial charge in [-0.3, -0.25) is 4.99 Å². The molecule has 2 N–H and O–H groups in total. The molecule has 1 aromatic carbocycles. The summed E-state index contributed by atoms with van der Waals surface area (Å²) in [4.78, 5) is 8.94. The Morgan fingerprint density at radius 3 is 2.90 bits per heavy atom. The van der Waals surface area contributed by atoms with E-state index in [2.05, 4.69) is 38.1 Å². The van der Waals surface area contributed by atoms with Crippen molar-refractivity contribution in [3.63, 3.8) is 0 Å². The fraction of sp³-hybridized carbons (Fsp3) is 0.286. The van der Waals surface area contributed by atoms with Gasteiger partial charge in [0.1, 0.15) is 5.84 Å². The van der Waals surface area contributed by atoms with Gasteiger partial charge in [0.15, 0.2) is 0 Å². The van der Waals surface area contributed by atoms with Gasteiger partial charge in [0.25, 0.3) is 0 Å². The molecule has 20 heavy (non-hydrogen) atoms. The lowest BCUT2D eigenvalue weighted by Crippen LogP contribution is -2.26. The predicted octanol–water partition coefficient (Wildman–Crippen LogP) is 2.95. The van der Waals surface area contributed by atoms with Gasteiger partial charge in [0.2, 0.25) is 0 Å². The molecule has 0 fully saturated rings. The molecule has 3 rings (SSSR count). The zero-order chi connectivity index (χ0) is 13.1. The maximum atomic E-state index is 4.55. The number of rotatable bonds is 4. The normalized spacial score (nSPS) is 13.3. The highest BCUT2D eigenvalue weighted by Crippen LogP contribution is 2.28. The summed E-state index contributed by atoms with van der Waals surface area (Å²) in [5, 5.41) is 9.89. The van der Waals surface area contributed by atoms with Gasteiger partial charge in [-0.15, -0.1) is 23.7 Å². The minimum Gasteiger partial charge on any atom is -0.377 e. The third-order valence-corrected chi connectivity index (χ3v) is 3.79. The van der Waals surface area contributed by atoms with E-state index in [0.717, 1.165) is 47.4 Å². The Balaban J connectivity index is 0.00000147. The topological polar surface area (TPSA) is 49.3 Å². The van der Waals surface area contributed by atoms with E-state index in [1.807, 2.05) is 19.1 Å². The van der Waals surface area contributed by atoms with Crippen LogP contribution in [0, 0.1) is 6.92 Å². The molecule has 0 unspecified atom stereocenters. The van der Waals surface area contributed by atoms with Crippen LogP contribution in [-0.2, 0) is 0 Å². The molecular formula is C14H17ClN4S. The predicted molar refractivity (Wildman–Crippen MR) is 88.3 cm³/mol. The molecule has 0 spiro atoms. The lowest BCUT2D eigenvalue weighted by Gasteiger charge is -2.10. The highest BCUT2D eigenvalue weighted by Gasteiger charge is 2.09. The fourth-order valence-corrected chi connectivity index (χ4v) is 2.70. The molecule has 6 heteroatoms. The molecule has 106 valence electrons. The SMILES string of the molecule is Cc1nc(-c2ccccc2NCC2=NCCN2)cs1.Cl. The first kappa shape index (κ1) is 14.8. The van der Waals surface area contributed by atoms with Crippen LogP contribution >= 0.6 is 23.7 Å². The number of para-hydroxylation sites is 1. The number of aryl methyl sites for hydroxylation is 1. The zero-order valence-corrected chi connectivity index (χ0v) is 12.9. The van der Waals surface area contributed by atoms with Gasteiger partial charge in [-0.1, -0.05) is 18.2 Å². The zero-order valence-electron chi connectivity index (χ0n) is 11.2. The van der Waals surface area contributed by atoms with Crippen molar-refractivity contribution in [3.8, 4) is 11.3 Å². The number of anilines is 1. The van der Waals surface area contributed by atoms with Crippen molar-refractivity contribution in [2.75, 3.05) is 25.0 Å². The summed E-state index contributed by atoms with van der Waals surface area (Å²) in [6.07, 6.45) is 0. The standard InChI is InChI=1S/C14H16N4S.ClH/c1-10-18-13(9-19-10)11-4-2-3-5-12(11)17-8-14-15-6-7-16-14;/h2-5,9,17H,6-8H2,1H3,(H,15,16);1H. The second-order valence-electron chi connectivity index (χ2n) is 4.41. The van der Waals surface area contributed by atoms with Crippen molar-refractivity contribution in [2.45, 2.75) is 6.92 Å². The summed E-state index contributed by atoms with van der Waals surface area (Å²) in [6.45, 7) is 4.59. The third kappa shape index (κ3) is 3.29. The summed E-state index contributed by atoms with van der Waals surface area (Å²) in [5.74, 6) is 1.03. The van der Waals surface area contributed by atoms with Crippen LogP contribution in [0.25, 0.3) is 11.3 Å². The van der Waals surface area contributed by atoms with E-state index in [1.165, 1.54) is 0 Å². The number of aromatic nitrogens is 1. The Kier molecular flexibility index (Phi) is 4.98. The highest BCUT2D eigenvalue weighted by atomic mass is 35.5. The summed E-state index contributed by atoms with van der Waals surface area (Å²) in [6, 6.07) is 8.26. The summed E-state index contributed by atoms with van der Waals surface area (Å²) in [7, 11) is 0. The van der Waals surface area contributed by atoms with Crippen LogP contribution in [0.2, 0.25) is 0 Å². The Morgan fingerprint density at radius 2 is 2.20 bits per heavy atom. The lowest BCUT2D eigenvalue weighted by atomic mass is 10.1. The molecule has 1 aliphatic rings. The maximum absolute atomic E-state index is 4.55. The number of halogens is 1. The first-order valence-corrected chi connectivity index (χ1v) is 7.23. The van der Waals surface area contributed by atoms with E-state index >= 15 is 0 Å². The number of nitrogens with zero attached hydrogens (tertiary/aromatic N) is 2. The Morgan fingerprint density at radius 1 is 1.35 bits per heavy atom. The summed E-state index contributed by atoms with van der Waals surface area (Å²) < 4.78 is 0. The molecule has 2 heterocycles. The molecule has 1 aromatic heterocycles. The molecule has 0 aliphatic carbocycles. The van der Waals surface area contributed by atoms with Crippen molar-refractivity contribution < 1.29 is 0 Å². The average molecular weight is 309 g/mol. The lowest BCUT2D eigenvalue weighted by molar-refractivity contribution is 0.956. The molecule has 0 radical (unpaired) electrons. The van der Waals surface area contributed by atoms with E-state index in [4.69, 9.17) is 0 Å². The highest BCUT2D eigenvalue weighted by molar-refractivity contribution is 7.09. The summed E-state index contributed by atoms with van der Waals surface area (Å²) in [5.41, 5.74) is 3.28. The maximum Gasteiger partial charge on any atom is 0.116 e. The second kappa shape index (κ2) is 6.72. The minimum atomic E-state index is 0. The first-order valence-electron chi connectivity index (χ1n) is 6.35. The largest absolute Gasteiger partial charge is 0.377 e. The number of amidine groups is 1. The van der Waals surface area contributed by atoms with E-state index in [1.54, 1.807) is 11.3 Å². The number of hydrogen-bond acceptors (Lipinski definition) is 5. The smallest absolute Gasteiger partial charge is 0.116 e. The quantitative estimate of drug-likeness (QED) is 0.913. The van der Waals surface area contributed by atoms with Crippen LogP contribution in [0.15, 0.2) is 34.6 Å². The number of hydrogen-bond donors (Lipinski definition) is 2. The Labute approximate surface area is 128 Å². The Bertz CT molecular complexity index is 609. The molecule has 0 amide bonds. The van der Waals surface area contributed by atoms with Gasteiger partial charge < -0.3 is 10.6 Å². The second-order valence-corrected chi connectivity index (χ2v) is 5.47. The van der Waals surface area contributed by atoms with Gasteiger partial charge in [0.05, 0.1) is 23.8 Å². The van der Waals surface area contributed by atoms with Gasteiger partial charge in [0, 0.05) is 23.2 Å². The van der Waals surface area contributed by atoms with Crippen LogP contribution < -0.4 is 10.6 Å². The first-order chi connectivity index (χ1) is 9.33. The van der Waals surface area contributed by atoms with E-state index in [9.17, 15) is 0 Å². The van der Waals surface area contributed by atoms with Crippen LogP contribution in [0.5, 0.6) is 0 Å². The molecule has 0 saturated heterocycles. The Hall–Kier alpha value is -1.59. The minimum absolute atomic E-state index is 0. The number of nitrogens with one attached hydrogen (secondary N) is 2. The van der Waals surface area contributed by atoms with Crippen molar-refractivity contribution in [3.05, 3.63) is 34.7 Å². The molecule has 0 atom stereocenters. The van der Waals surface area contributed by atoms with E-state index < -0.39 is 0 Å². The van der Waals surface area contributed by atoms with Gasteiger partial charge >= 0.3 is 0 Å². The fourth-order valence-electron chi connectivity index (χ4n) is 2.09. The average Bonchev–Trinajstić information content (AvgIpc) is 3.08. The third-order valence-electron chi connectivity index (χ3n) is 3.01. The van der Waals surface area contributed by atoms with Crippen molar-refractivity contribution in [2.24, 2.45) is 4.99 Å². The van der Waals surface area contributed by atoms with Gasteiger partial charge in [-0.05, 0) is 13.0 Å². The van der Waals surface area contributed by atoms with Crippen LogP contribution in [0.1, 0.15) is 5.01 Å². The molecule has 0 bridgehead atoms. The van der Waals surface area contributed by atoms with Crippen molar-refractivity contribution in [1.29, 1.82) is 0 Å². The number of benzene rings is 1.